The highest BCUT2D eigenvalue weighted by atomic mass is 16.5. The molecule has 6 heteroatoms. The molecule has 2 aromatic rings. The zero-order valence-electron chi connectivity index (χ0n) is 20.8. The molecule has 35 heavy (non-hydrogen) atoms. The molecular weight excluding hydrogens is 436 g/mol. The molecule has 0 unspecified atom stereocenters. The van der Waals surface area contributed by atoms with Gasteiger partial charge in [-0.15, -0.1) is 0 Å². The summed E-state index contributed by atoms with van der Waals surface area (Å²) in [6.07, 6.45) is 11.4. The summed E-state index contributed by atoms with van der Waals surface area (Å²) in [5.74, 6) is 0.542. The lowest BCUT2D eigenvalue weighted by molar-refractivity contribution is -0.110. The molecule has 0 spiro atoms. The third kappa shape index (κ3) is 4.72. The van der Waals surface area contributed by atoms with Crippen LogP contribution in [0.15, 0.2) is 18.2 Å². The van der Waals surface area contributed by atoms with Crippen LogP contribution in [0.2, 0.25) is 0 Å². The van der Waals surface area contributed by atoms with Crippen molar-refractivity contribution in [2.24, 2.45) is 0 Å². The molecule has 6 rings (SSSR count). The first-order valence-electron chi connectivity index (χ1n) is 13.7. The van der Waals surface area contributed by atoms with Gasteiger partial charge in [0.1, 0.15) is 0 Å². The van der Waals surface area contributed by atoms with Crippen molar-refractivity contribution in [1.82, 2.24) is 15.2 Å². The molecule has 186 valence electrons. The summed E-state index contributed by atoms with van der Waals surface area (Å²) in [6, 6.07) is 6.40. The van der Waals surface area contributed by atoms with E-state index in [1.807, 2.05) is 0 Å². The van der Waals surface area contributed by atoms with Crippen molar-refractivity contribution in [2.45, 2.75) is 57.3 Å². The number of carbonyl (C=O) groups excluding carboxylic acids is 1. The minimum atomic E-state index is 0.0354. The molecule has 1 aliphatic carbocycles. The number of H-pyrrole nitrogens is 1. The molecule has 0 saturated carbocycles. The third-order valence-corrected chi connectivity index (χ3v) is 8.37. The Bertz CT molecular complexity index is 1110. The maximum absolute atomic E-state index is 13.2. The van der Waals surface area contributed by atoms with Crippen molar-refractivity contribution in [2.75, 3.05) is 51.3 Å². The molecule has 3 N–H and O–H groups in total. The lowest BCUT2D eigenvalue weighted by atomic mass is 9.84. The van der Waals surface area contributed by atoms with Gasteiger partial charge in [0.2, 0.25) is 0 Å². The third-order valence-electron chi connectivity index (χ3n) is 8.37. The predicted octanol–water partition coefficient (Wildman–Crippen LogP) is 4.12. The number of rotatable bonds is 6. The maximum Gasteiger partial charge on any atom is 0.256 e. The number of hydrogen-bond acceptors (Lipinski definition) is 4. The van der Waals surface area contributed by atoms with Gasteiger partial charge in [-0.25, -0.2) is 0 Å². The Morgan fingerprint density at radius 3 is 2.77 bits per heavy atom. The first-order valence-corrected chi connectivity index (χ1v) is 13.7. The molecule has 2 saturated heterocycles. The second kappa shape index (κ2) is 10.3. The van der Waals surface area contributed by atoms with E-state index in [4.69, 9.17) is 4.74 Å². The van der Waals surface area contributed by atoms with Crippen molar-refractivity contribution in [3.05, 3.63) is 51.8 Å². The summed E-state index contributed by atoms with van der Waals surface area (Å²) in [6.45, 7) is 6.99. The number of aromatic nitrogens is 1. The lowest BCUT2D eigenvalue weighted by Crippen LogP contribution is -2.37. The quantitative estimate of drug-likeness (QED) is 0.551. The Morgan fingerprint density at radius 2 is 1.91 bits per heavy atom. The molecule has 1 aromatic heterocycles. The highest BCUT2D eigenvalue weighted by Gasteiger charge is 2.31. The van der Waals surface area contributed by atoms with Gasteiger partial charge in [0.15, 0.2) is 0 Å². The Kier molecular flexibility index (Phi) is 6.77. The van der Waals surface area contributed by atoms with Crippen LogP contribution in [0.1, 0.15) is 71.7 Å². The number of morpholine rings is 1. The van der Waals surface area contributed by atoms with E-state index < -0.39 is 0 Å². The van der Waals surface area contributed by atoms with E-state index in [1.165, 1.54) is 35.2 Å². The van der Waals surface area contributed by atoms with Crippen molar-refractivity contribution in [3.63, 3.8) is 0 Å². The second-order valence-corrected chi connectivity index (χ2v) is 10.5. The molecule has 1 aromatic carbocycles. The number of anilines is 1. The van der Waals surface area contributed by atoms with Gasteiger partial charge in [-0.05, 0) is 106 Å². The van der Waals surface area contributed by atoms with E-state index in [2.05, 4.69) is 44.8 Å². The van der Waals surface area contributed by atoms with Crippen LogP contribution in [0.25, 0.3) is 11.6 Å². The zero-order valence-corrected chi connectivity index (χ0v) is 20.8. The molecule has 0 atom stereocenters. The zero-order chi connectivity index (χ0) is 23.6. The average molecular weight is 475 g/mol. The van der Waals surface area contributed by atoms with Gasteiger partial charge >= 0.3 is 0 Å². The van der Waals surface area contributed by atoms with E-state index in [0.29, 0.717) is 5.92 Å². The first kappa shape index (κ1) is 23.0. The molecule has 0 bridgehead atoms. The molecule has 2 fully saturated rings. The van der Waals surface area contributed by atoms with Gasteiger partial charge in [-0.1, -0.05) is 12.1 Å². The topological polar surface area (TPSA) is 69.4 Å². The van der Waals surface area contributed by atoms with E-state index in [0.717, 1.165) is 107 Å². The Hall–Kier alpha value is -2.41. The van der Waals surface area contributed by atoms with Crippen LogP contribution >= 0.6 is 0 Å². The van der Waals surface area contributed by atoms with E-state index >= 15 is 0 Å². The number of aryl methyl sites for hydroxylation is 1. The summed E-state index contributed by atoms with van der Waals surface area (Å²) in [7, 11) is 0. The molecule has 6 nitrogen and oxygen atoms in total. The number of nitrogens with zero attached hydrogens (tertiary/aromatic N) is 1. The van der Waals surface area contributed by atoms with Gasteiger partial charge in [0.05, 0.1) is 18.8 Å². The minimum Gasteiger partial charge on any atom is -0.379 e. The van der Waals surface area contributed by atoms with Crippen molar-refractivity contribution in [3.8, 4) is 0 Å². The van der Waals surface area contributed by atoms with Gasteiger partial charge in [-0.3, -0.25) is 9.69 Å². The standard InChI is InChI=1S/C29H38N4O2/c34-29-24(28-21(6-3-9-26(28)32-29)20-10-12-30-13-11-20)19-27-23(22-5-1-2-8-25(22)31-27)7-4-14-33-15-17-35-18-16-33/h3,6,9,19-20,30-31H,1-2,4-5,7-8,10-18H2,(H,32,34). The van der Waals surface area contributed by atoms with Crippen LogP contribution in [0, 0.1) is 0 Å². The number of ether oxygens (including phenoxy) is 1. The lowest BCUT2D eigenvalue weighted by Gasteiger charge is -2.26. The summed E-state index contributed by atoms with van der Waals surface area (Å²) in [5, 5.41) is 6.64. The van der Waals surface area contributed by atoms with Crippen molar-refractivity contribution >= 4 is 23.2 Å². The van der Waals surface area contributed by atoms with Gasteiger partial charge in [0, 0.05) is 35.7 Å². The van der Waals surface area contributed by atoms with Crippen LogP contribution in [0.3, 0.4) is 0 Å². The van der Waals surface area contributed by atoms with Crippen molar-refractivity contribution < 1.29 is 9.53 Å². The van der Waals surface area contributed by atoms with Crippen LogP contribution in [-0.4, -0.2) is 61.7 Å². The molecule has 4 aliphatic rings. The highest BCUT2D eigenvalue weighted by Crippen LogP contribution is 2.41. The van der Waals surface area contributed by atoms with E-state index in [-0.39, 0.29) is 5.91 Å². The number of fused-ring (bicyclic) bond motifs is 2. The largest absolute Gasteiger partial charge is 0.379 e. The van der Waals surface area contributed by atoms with Crippen LogP contribution in [0.5, 0.6) is 0 Å². The van der Waals surface area contributed by atoms with Crippen molar-refractivity contribution in [1.29, 1.82) is 0 Å². The monoisotopic (exact) mass is 474 g/mol. The Morgan fingerprint density at radius 1 is 1.09 bits per heavy atom. The molecule has 0 radical (unpaired) electrons. The Balaban J connectivity index is 1.32. The predicted molar refractivity (Wildman–Crippen MR) is 141 cm³/mol. The molecular formula is C29H38N4O2. The van der Waals surface area contributed by atoms with Gasteiger partial charge in [-0.2, -0.15) is 0 Å². The maximum atomic E-state index is 13.2. The first-order chi connectivity index (χ1) is 17.3. The number of aromatic amines is 1. The summed E-state index contributed by atoms with van der Waals surface area (Å²) >= 11 is 0. The van der Waals surface area contributed by atoms with Crippen LogP contribution in [0.4, 0.5) is 5.69 Å². The van der Waals surface area contributed by atoms with E-state index in [1.54, 1.807) is 0 Å². The fraction of sp³-hybridized carbons (Fsp3) is 0.552. The van der Waals surface area contributed by atoms with E-state index in [9.17, 15) is 4.79 Å². The van der Waals surface area contributed by atoms with Gasteiger partial charge in [0.25, 0.3) is 5.91 Å². The fourth-order valence-electron chi connectivity index (χ4n) is 6.52. The number of carbonyl (C=O) groups is 1. The molecule has 4 heterocycles. The molecule has 1 amide bonds. The smallest absolute Gasteiger partial charge is 0.256 e. The van der Waals surface area contributed by atoms with Gasteiger partial charge < -0.3 is 20.4 Å². The highest BCUT2D eigenvalue weighted by molar-refractivity contribution is 6.35. The SMILES string of the molecule is O=C1Nc2cccc(C3CCNCC3)c2C1=Cc1[nH]c2c(c1CCCN1CCOCC1)CCCC2. The van der Waals surface area contributed by atoms with Crippen LogP contribution < -0.4 is 10.6 Å². The number of amides is 1. The number of nitrogens with one attached hydrogen (secondary N) is 3. The number of hydrogen-bond donors (Lipinski definition) is 3. The Labute approximate surface area is 208 Å². The minimum absolute atomic E-state index is 0.0354. The summed E-state index contributed by atoms with van der Waals surface area (Å²) in [4.78, 5) is 19.5. The summed E-state index contributed by atoms with van der Waals surface area (Å²) in [5.41, 5.74) is 9.81. The van der Waals surface area contributed by atoms with Crippen LogP contribution in [-0.2, 0) is 28.8 Å². The normalized spacial score (nSPS) is 22.3. The number of benzene rings is 1. The average Bonchev–Trinajstić information content (AvgIpc) is 3.42. The molecule has 3 aliphatic heterocycles. The second-order valence-electron chi connectivity index (χ2n) is 10.5. The summed E-state index contributed by atoms with van der Waals surface area (Å²) < 4.78 is 5.52. The fourth-order valence-corrected chi connectivity index (χ4v) is 6.52. The number of piperidine rings is 1.